The highest BCUT2D eigenvalue weighted by Gasteiger charge is 2.05. The summed E-state index contributed by atoms with van der Waals surface area (Å²) in [6.45, 7) is 3.21. The van der Waals surface area contributed by atoms with Gasteiger partial charge in [-0.15, -0.1) is 0 Å². The lowest BCUT2D eigenvalue weighted by Crippen LogP contribution is -2.30. The first kappa shape index (κ1) is 13.2. The number of aromatic hydroxyl groups is 1. The third-order valence-corrected chi connectivity index (χ3v) is 3.16. The van der Waals surface area contributed by atoms with Crippen molar-refractivity contribution in [3.05, 3.63) is 24.3 Å². The van der Waals surface area contributed by atoms with Crippen molar-refractivity contribution in [1.29, 1.82) is 0 Å². The predicted molar refractivity (Wildman–Crippen MR) is 72.1 cm³/mol. The zero-order chi connectivity index (χ0) is 11.8. The molecule has 0 bridgehead atoms. The standard InChI is InChI=1S/C10H19NO3Si2/c12-10-3-1-9(2-4-10)11(5-7-13-15)6-8-14-16/h1-4,12H,5-8H2,15-16H3. The summed E-state index contributed by atoms with van der Waals surface area (Å²) in [6.07, 6.45) is 0. The molecule has 6 heteroatoms. The molecular formula is C10H19NO3Si2. The minimum Gasteiger partial charge on any atom is -0.508 e. The molecule has 0 heterocycles. The Kier molecular flexibility index (Phi) is 6.16. The van der Waals surface area contributed by atoms with Gasteiger partial charge in [-0.2, -0.15) is 0 Å². The van der Waals surface area contributed by atoms with Crippen molar-refractivity contribution in [1.82, 2.24) is 0 Å². The highest BCUT2D eigenvalue weighted by atomic mass is 28.2. The zero-order valence-corrected chi connectivity index (χ0v) is 13.8. The fourth-order valence-electron chi connectivity index (χ4n) is 1.44. The second kappa shape index (κ2) is 7.45. The van der Waals surface area contributed by atoms with E-state index in [4.69, 9.17) is 8.85 Å². The fraction of sp³-hybridized carbons (Fsp3) is 0.400. The van der Waals surface area contributed by atoms with Crippen LogP contribution in [-0.2, 0) is 8.85 Å². The van der Waals surface area contributed by atoms with Crippen LogP contribution in [0, 0.1) is 0 Å². The lowest BCUT2D eigenvalue weighted by atomic mass is 10.2. The normalized spacial score (nSPS) is 10.8. The molecule has 1 aromatic rings. The van der Waals surface area contributed by atoms with E-state index in [0.717, 1.165) is 53.0 Å². The van der Waals surface area contributed by atoms with E-state index in [1.165, 1.54) is 0 Å². The molecule has 0 spiro atoms. The Labute approximate surface area is 102 Å². The van der Waals surface area contributed by atoms with Crippen LogP contribution in [0.3, 0.4) is 0 Å². The average molecular weight is 257 g/mol. The first-order valence-electron chi connectivity index (χ1n) is 5.29. The van der Waals surface area contributed by atoms with Crippen LogP contribution < -0.4 is 4.90 Å². The highest BCUT2D eigenvalue weighted by molar-refractivity contribution is 5.98. The first-order valence-corrected chi connectivity index (χ1v) is 6.93. The smallest absolute Gasteiger partial charge is 0.146 e. The molecule has 0 aliphatic rings. The zero-order valence-electron chi connectivity index (χ0n) is 9.85. The number of hydrogen-bond donors (Lipinski definition) is 1. The lowest BCUT2D eigenvalue weighted by Gasteiger charge is -2.24. The summed E-state index contributed by atoms with van der Waals surface area (Å²) in [5, 5.41) is 9.23. The maximum Gasteiger partial charge on any atom is 0.146 e. The Morgan fingerprint density at radius 2 is 1.50 bits per heavy atom. The molecule has 0 saturated heterocycles. The Hall–Kier alpha value is -0.826. The maximum absolute atomic E-state index is 9.23. The summed E-state index contributed by atoms with van der Waals surface area (Å²) in [7, 11) is 1.54. The molecule has 0 aliphatic carbocycles. The first-order chi connectivity index (χ1) is 7.77. The van der Waals surface area contributed by atoms with Crippen molar-refractivity contribution >= 4 is 26.7 Å². The molecule has 0 aliphatic heterocycles. The molecule has 90 valence electrons. The van der Waals surface area contributed by atoms with E-state index < -0.39 is 0 Å². The largest absolute Gasteiger partial charge is 0.508 e. The quantitative estimate of drug-likeness (QED) is 0.623. The van der Waals surface area contributed by atoms with Gasteiger partial charge in [0.05, 0.1) is 13.2 Å². The van der Waals surface area contributed by atoms with Crippen LogP contribution in [-0.4, -0.2) is 52.4 Å². The van der Waals surface area contributed by atoms with E-state index in [-0.39, 0.29) is 0 Å². The molecule has 16 heavy (non-hydrogen) atoms. The molecule has 0 amide bonds. The molecule has 1 aromatic carbocycles. The summed E-state index contributed by atoms with van der Waals surface area (Å²) < 4.78 is 10.4. The van der Waals surface area contributed by atoms with Crippen molar-refractivity contribution in [3.63, 3.8) is 0 Å². The fourth-order valence-corrected chi connectivity index (χ4v) is 1.80. The molecular weight excluding hydrogens is 238 g/mol. The van der Waals surface area contributed by atoms with Gasteiger partial charge < -0.3 is 18.9 Å². The van der Waals surface area contributed by atoms with Crippen LogP contribution in [0.1, 0.15) is 0 Å². The van der Waals surface area contributed by atoms with Crippen LogP contribution in [0.2, 0.25) is 0 Å². The summed E-state index contributed by atoms with van der Waals surface area (Å²) in [5.41, 5.74) is 1.09. The van der Waals surface area contributed by atoms with Crippen molar-refractivity contribution in [2.75, 3.05) is 31.2 Å². The molecule has 0 fully saturated rings. The van der Waals surface area contributed by atoms with Crippen LogP contribution in [0.25, 0.3) is 0 Å². The van der Waals surface area contributed by atoms with Crippen molar-refractivity contribution in [3.8, 4) is 5.75 Å². The molecule has 0 atom stereocenters. The van der Waals surface area contributed by atoms with Gasteiger partial charge in [-0.25, -0.2) is 0 Å². The minimum absolute atomic E-state index is 0.294. The number of phenols is 1. The van der Waals surface area contributed by atoms with Crippen LogP contribution in [0.5, 0.6) is 5.75 Å². The monoisotopic (exact) mass is 257 g/mol. The second-order valence-corrected chi connectivity index (χ2v) is 4.64. The number of benzene rings is 1. The lowest BCUT2D eigenvalue weighted by molar-refractivity contribution is 0.332. The minimum atomic E-state index is 0.294. The van der Waals surface area contributed by atoms with Gasteiger partial charge >= 0.3 is 0 Å². The van der Waals surface area contributed by atoms with Crippen molar-refractivity contribution in [2.24, 2.45) is 0 Å². The third kappa shape index (κ3) is 4.35. The number of anilines is 1. The Bertz CT molecular complexity index is 287. The molecule has 4 nitrogen and oxygen atoms in total. The number of nitrogens with zero attached hydrogens (tertiary/aromatic N) is 1. The van der Waals surface area contributed by atoms with E-state index in [1.807, 2.05) is 12.1 Å². The van der Waals surface area contributed by atoms with Gasteiger partial charge in [-0.05, 0) is 24.3 Å². The second-order valence-electron chi connectivity index (χ2n) is 3.49. The van der Waals surface area contributed by atoms with Gasteiger partial charge in [0.2, 0.25) is 0 Å². The predicted octanol–water partition coefficient (Wildman–Crippen LogP) is -1.21. The van der Waals surface area contributed by atoms with Crippen LogP contribution in [0.15, 0.2) is 24.3 Å². The van der Waals surface area contributed by atoms with E-state index in [2.05, 4.69) is 4.90 Å². The van der Waals surface area contributed by atoms with Gasteiger partial charge in [0.1, 0.15) is 26.7 Å². The number of phenolic OH excluding ortho intramolecular Hbond substituents is 1. The van der Waals surface area contributed by atoms with E-state index in [1.54, 1.807) is 12.1 Å². The van der Waals surface area contributed by atoms with Gasteiger partial charge in [0.15, 0.2) is 0 Å². The van der Waals surface area contributed by atoms with E-state index in [0.29, 0.717) is 5.75 Å². The average Bonchev–Trinajstić information content (AvgIpc) is 2.31. The molecule has 0 aromatic heterocycles. The number of hydrogen-bond acceptors (Lipinski definition) is 4. The maximum atomic E-state index is 9.23. The van der Waals surface area contributed by atoms with E-state index >= 15 is 0 Å². The highest BCUT2D eigenvalue weighted by Crippen LogP contribution is 2.17. The Morgan fingerprint density at radius 1 is 1.00 bits per heavy atom. The van der Waals surface area contributed by atoms with Gasteiger partial charge in [0.25, 0.3) is 0 Å². The third-order valence-electron chi connectivity index (χ3n) is 2.35. The van der Waals surface area contributed by atoms with E-state index in [9.17, 15) is 5.11 Å². The molecule has 1 N–H and O–H groups in total. The van der Waals surface area contributed by atoms with Crippen LogP contribution in [0.4, 0.5) is 5.69 Å². The van der Waals surface area contributed by atoms with Crippen molar-refractivity contribution in [2.45, 2.75) is 0 Å². The summed E-state index contributed by atoms with van der Waals surface area (Å²) in [4.78, 5) is 2.20. The molecule has 0 unspecified atom stereocenters. The molecule has 1 rings (SSSR count). The topological polar surface area (TPSA) is 41.9 Å². The molecule has 0 saturated carbocycles. The van der Waals surface area contributed by atoms with Crippen molar-refractivity contribution < 1.29 is 14.0 Å². The summed E-state index contributed by atoms with van der Waals surface area (Å²) in [6, 6.07) is 7.22. The number of rotatable bonds is 7. The summed E-state index contributed by atoms with van der Waals surface area (Å²) in [5.74, 6) is 0.294. The molecule has 0 radical (unpaired) electrons. The van der Waals surface area contributed by atoms with Crippen LogP contribution >= 0.6 is 0 Å². The Morgan fingerprint density at radius 3 is 1.94 bits per heavy atom. The Balaban J connectivity index is 2.62. The SMILES string of the molecule is Oc1ccc(N(CCO[SiH3])CCO[SiH3])cc1. The summed E-state index contributed by atoms with van der Waals surface area (Å²) >= 11 is 0. The van der Waals surface area contributed by atoms with Gasteiger partial charge in [-0.3, -0.25) is 0 Å². The van der Waals surface area contributed by atoms with Gasteiger partial charge in [-0.1, -0.05) is 0 Å². The van der Waals surface area contributed by atoms with Gasteiger partial charge in [0, 0.05) is 18.8 Å².